The number of benzene rings is 6. The molecule has 6 aromatic carbocycles. The van der Waals surface area contributed by atoms with Crippen LogP contribution in [0, 0.1) is 33.8 Å². The van der Waals surface area contributed by atoms with Crippen LogP contribution in [0.15, 0.2) is 239 Å². The van der Waals surface area contributed by atoms with E-state index in [1.54, 1.807) is 0 Å². The second-order valence-electron chi connectivity index (χ2n) is 27.7. The molecule has 2 unspecified atom stereocenters. The molecular formula is C82H86Cl2Zr2-4. The molecule has 2 atom stereocenters. The van der Waals surface area contributed by atoms with Gasteiger partial charge in [-0.25, -0.2) is 0 Å². The van der Waals surface area contributed by atoms with Gasteiger partial charge >= 0.3 is 198 Å². The van der Waals surface area contributed by atoms with Gasteiger partial charge in [-0.15, -0.1) is 23.3 Å². The average Bonchev–Trinajstić information content (AvgIpc) is 1.55. The van der Waals surface area contributed by atoms with E-state index in [1.165, 1.54) is 165 Å². The fourth-order valence-corrected chi connectivity index (χ4v) is 14.1. The summed E-state index contributed by atoms with van der Waals surface area (Å²) < 4.78 is 2.83. The monoisotopic (exact) mass is 1320 g/mol. The summed E-state index contributed by atoms with van der Waals surface area (Å²) in [6.07, 6.45) is 29.2. The second kappa shape index (κ2) is 27.3. The van der Waals surface area contributed by atoms with Crippen LogP contribution in [0.4, 0.5) is 0 Å². The molecule has 0 N–H and O–H groups in total. The van der Waals surface area contributed by atoms with E-state index in [1.807, 2.05) is 0 Å². The molecule has 4 heteroatoms. The average molecular weight is 1320 g/mol. The minimum atomic E-state index is -0.157. The zero-order chi connectivity index (χ0) is 60.6. The van der Waals surface area contributed by atoms with Gasteiger partial charge in [0.1, 0.15) is 0 Å². The van der Waals surface area contributed by atoms with E-state index in [2.05, 4.69) is 329 Å². The Balaban J connectivity index is 0.000000171. The Hall–Kier alpha value is -5.19. The van der Waals surface area contributed by atoms with Crippen molar-refractivity contribution < 1.29 is 73.3 Å². The van der Waals surface area contributed by atoms with Gasteiger partial charge in [0.05, 0.1) is 0 Å². The molecule has 12 rings (SSSR count). The van der Waals surface area contributed by atoms with Crippen molar-refractivity contribution in [1.29, 1.82) is 0 Å². The molecule has 0 aliphatic heterocycles. The summed E-state index contributed by atoms with van der Waals surface area (Å²) in [6, 6.07) is 56.1. The Morgan fingerprint density at radius 3 is 0.942 bits per heavy atom. The molecule has 0 amide bonds. The fourth-order valence-electron chi connectivity index (χ4n) is 12.4. The van der Waals surface area contributed by atoms with Gasteiger partial charge in [0, 0.05) is 0 Å². The van der Waals surface area contributed by atoms with Crippen LogP contribution in [0.1, 0.15) is 157 Å². The Morgan fingerprint density at radius 1 is 0.407 bits per heavy atom. The molecule has 0 heterocycles. The predicted octanol–water partition coefficient (Wildman–Crippen LogP) is 11.5. The van der Waals surface area contributed by atoms with Crippen molar-refractivity contribution in [1.82, 2.24) is 0 Å². The van der Waals surface area contributed by atoms with Gasteiger partial charge in [0.15, 0.2) is 0 Å². The van der Waals surface area contributed by atoms with Gasteiger partial charge in [-0.05, 0) is 95.3 Å². The van der Waals surface area contributed by atoms with Crippen molar-refractivity contribution in [2.24, 2.45) is 21.7 Å². The maximum atomic E-state index is 4.01. The van der Waals surface area contributed by atoms with Crippen LogP contribution < -0.4 is 45.7 Å². The SMILES string of the molecule is CC1=CCC(C2(C(C)(C)C)[C-]=C3C=c4cc(C(C)(C)C)ccc4=C3C=C2)=C1C.CC1=CCC(C2(C(C)(C)C)[C-]=C3C=c4cc(C(C)(C)C)ccc4=C3C=C2)=C1C.[Cl-].[Cl-].[Zr]=[C](c1ccccc1)c1ccccc1.[Zr]=[C](c1ccccc1)c1ccccc1. The van der Waals surface area contributed by atoms with Gasteiger partial charge in [-0.3, -0.25) is 0 Å². The summed E-state index contributed by atoms with van der Waals surface area (Å²) in [7, 11) is 0. The number of halogens is 2. The minimum absolute atomic E-state index is 0. The van der Waals surface area contributed by atoms with Crippen molar-refractivity contribution >= 4 is 29.7 Å². The molecule has 440 valence electrons. The molecule has 0 spiro atoms. The maximum absolute atomic E-state index is 4.01. The van der Waals surface area contributed by atoms with Gasteiger partial charge < -0.3 is 24.8 Å². The van der Waals surface area contributed by atoms with E-state index in [0.29, 0.717) is 0 Å². The summed E-state index contributed by atoms with van der Waals surface area (Å²) >= 11 is 2.92. The van der Waals surface area contributed by atoms with Crippen molar-refractivity contribution in [3.05, 3.63) is 305 Å². The normalized spacial score (nSPS) is 18.8. The first-order valence-electron chi connectivity index (χ1n) is 30.2. The molecule has 0 radical (unpaired) electrons. The third-order valence-corrected chi connectivity index (χ3v) is 21.0. The quantitative estimate of drug-likeness (QED) is 0.146. The molecule has 0 saturated carbocycles. The zero-order valence-electron chi connectivity index (χ0n) is 53.8. The first-order valence-corrected chi connectivity index (χ1v) is 32.7. The molecule has 86 heavy (non-hydrogen) atoms. The number of rotatable bonds is 6. The Labute approximate surface area is 559 Å². The summed E-state index contributed by atoms with van der Waals surface area (Å²) in [5.74, 6) is 0. The molecule has 0 saturated heterocycles. The first-order chi connectivity index (χ1) is 39.6. The first kappa shape index (κ1) is 68.3. The van der Waals surface area contributed by atoms with E-state index in [9.17, 15) is 0 Å². The van der Waals surface area contributed by atoms with E-state index < -0.39 is 0 Å². The van der Waals surface area contributed by atoms with Crippen molar-refractivity contribution in [2.45, 2.75) is 134 Å². The second-order valence-corrected chi connectivity index (χ2v) is 30.1. The summed E-state index contributed by atoms with van der Waals surface area (Å²) in [5.41, 5.74) is 22.2. The summed E-state index contributed by atoms with van der Waals surface area (Å²) in [6.45, 7) is 36.8. The molecular weight excluding hydrogens is 1240 g/mol. The standard InChI is InChI=1S/2C28H33.2C13H10.2ClH.2Zr/c2*1-18-9-12-25(19(18)2)28(27(6,7)8)14-13-24-21(17-28)15-20-16-22(26(3,4)5)10-11-23(20)24;2*1-3-7-12(8-4-1)11-13-9-5-2-6-10-13;;;;/h2*9-11,13-16H,12H2,1-8H3;2*1-10H;2*1H;;/q2*-1;;;;;;/p-2. The number of hydrogen-bond acceptors (Lipinski definition) is 0. The van der Waals surface area contributed by atoms with E-state index in [-0.39, 0.29) is 57.3 Å². The Morgan fingerprint density at radius 2 is 0.698 bits per heavy atom. The van der Waals surface area contributed by atoms with Gasteiger partial charge in [-0.1, -0.05) is 187 Å². The van der Waals surface area contributed by atoms with Gasteiger partial charge in [-0.2, -0.15) is 35.5 Å². The van der Waals surface area contributed by atoms with Crippen LogP contribution in [-0.4, -0.2) is 6.41 Å². The fraction of sp³-hybridized carbons (Fsp3) is 0.293. The number of hydrogen-bond donors (Lipinski definition) is 0. The van der Waals surface area contributed by atoms with Crippen LogP contribution in [0.5, 0.6) is 0 Å². The van der Waals surface area contributed by atoms with Crippen molar-refractivity contribution in [2.75, 3.05) is 0 Å². The molecule has 0 aromatic heterocycles. The topological polar surface area (TPSA) is 0 Å². The van der Waals surface area contributed by atoms with Gasteiger partial charge in [0.2, 0.25) is 0 Å². The van der Waals surface area contributed by atoms with Crippen LogP contribution in [0.25, 0.3) is 23.3 Å². The number of fused-ring (bicyclic) bond motifs is 4. The molecule has 6 aliphatic carbocycles. The van der Waals surface area contributed by atoms with Crippen LogP contribution in [0.2, 0.25) is 0 Å². The Kier molecular flexibility index (Phi) is 21.7. The van der Waals surface area contributed by atoms with E-state index in [0.717, 1.165) is 12.8 Å². The van der Waals surface area contributed by atoms with Crippen LogP contribution in [0.3, 0.4) is 0 Å². The molecule has 6 aromatic rings. The Bertz CT molecular complexity index is 3720. The third-order valence-electron chi connectivity index (χ3n) is 18.1. The van der Waals surface area contributed by atoms with Crippen LogP contribution >= 0.6 is 0 Å². The summed E-state index contributed by atoms with van der Waals surface area (Å²) in [5, 5.41) is 5.37. The molecule has 0 nitrogen and oxygen atoms in total. The van der Waals surface area contributed by atoms with E-state index in [4.69, 9.17) is 0 Å². The van der Waals surface area contributed by atoms with E-state index >= 15 is 0 Å². The molecule has 0 fully saturated rings. The molecule has 0 bridgehead atoms. The van der Waals surface area contributed by atoms with Crippen molar-refractivity contribution in [3.8, 4) is 0 Å². The van der Waals surface area contributed by atoms with Crippen molar-refractivity contribution in [3.63, 3.8) is 0 Å². The van der Waals surface area contributed by atoms with Crippen LogP contribution in [-0.2, 0) is 59.3 Å². The van der Waals surface area contributed by atoms with Gasteiger partial charge in [0.25, 0.3) is 0 Å². The zero-order valence-corrected chi connectivity index (χ0v) is 60.2. The molecule has 6 aliphatic rings. The summed E-state index contributed by atoms with van der Waals surface area (Å²) in [4.78, 5) is 0. The third kappa shape index (κ3) is 14.3. The number of allylic oxidation sites excluding steroid dienone is 16. The predicted molar refractivity (Wildman–Crippen MR) is 354 cm³/mol.